The lowest BCUT2D eigenvalue weighted by molar-refractivity contribution is 0.0652. The van der Waals surface area contributed by atoms with Crippen molar-refractivity contribution in [2.75, 3.05) is 0 Å². The van der Waals surface area contributed by atoms with Gasteiger partial charge in [0.25, 0.3) is 5.91 Å². The van der Waals surface area contributed by atoms with Gasteiger partial charge in [-0.05, 0) is 42.9 Å². The Hall–Kier alpha value is -2.88. The molecule has 1 aromatic heterocycles. The maximum Gasteiger partial charge on any atom is 0.272 e. The highest BCUT2D eigenvalue weighted by Gasteiger charge is 2.41. The van der Waals surface area contributed by atoms with Crippen LogP contribution in [0.3, 0.4) is 0 Å². The second kappa shape index (κ2) is 6.13. The highest BCUT2D eigenvalue weighted by atomic mass is 16.2. The molecule has 5 rings (SSSR count). The summed E-state index contributed by atoms with van der Waals surface area (Å²) in [4.78, 5) is 15.4. The third kappa shape index (κ3) is 2.62. The summed E-state index contributed by atoms with van der Waals surface area (Å²) < 4.78 is 0. The summed E-state index contributed by atoms with van der Waals surface area (Å²) in [5, 5.41) is 7.34. The average molecular weight is 343 g/mol. The van der Waals surface area contributed by atoms with E-state index in [1.807, 2.05) is 36.4 Å². The molecule has 0 bridgehead atoms. The molecule has 1 saturated carbocycles. The summed E-state index contributed by atoms with van der Waals surface area (Å²) in [6.45, 7) is 0. The Morgan fingerprint density at radius 3 is 2.58 bits per heavy atom. The molecule has 26 heavy (non-hydrogen) atoms. The highest BCUT2D eigenvalue weighted by molar-refractivity contribution is 5.94. The predicted octanol–water partition coefficient (Wildman–Crippen LogP) is 4.37. The van der Waals surface area contributed by atoms with Crippen LogP contribution < -0.4 is 0 Å². The van der Waals surface area contributed by atoms with Crippen molar-refractivity contribution < 1.29 is 4.79 Å². The van der Waals surface area contributed by atoms with Gasteiger partial charge in [-0.25, -0.2) is 0 Å². The zero-order chi connectivity index (χ0) is 17.5. The normalized spacial score (nSPS) is 18.5. The van der Waals surface area contributed by atoms with Gasteiger partial charge in [0.1, 0.15) is 5.69 Å². The molecule has 1 atom stereocenters. The van der Waals surface area contributed by atoms with Crippen molar-refractivity contribution in [3.8, 4) is 11.3 Å². The first kappa shape index (κ1) is 15.4. The number of aromatic nitrogens is 2. The molecule has 1 unspecified atom stereocenters. The third-order valence-electron chi connectivity index (χ3n) is 5.49. The molecule has 2 aliphatic carbocycles. The molecule has 1 fully saturated rings. The number of amides is 1. The first-order chi connectivity index (χ1) is 12.8. The van der Waals surface area contributed by atoms with Crippen molar-refractivity contribution in [2.45, 2.75) is 37.8 Å². The Morgan fingerprint density at radius 1 is 1.00 bits per heavy atom. The number of benzene rings is 2. The van der Waals surface area contributed by atoms with E-state index in [4.69, 9.17) is 0 Å². The lowest BCUT2D eigenvalue weighted by Crippen LogP contribution is -2.36. The van der Waals surface area contributed by atoms with Gasteiger partial charge in [-0.2, -0.15) is 5.10 Å². The monoisotopic (exact) mass is 343 g/mol. The number of nitrogens with zero attached hydrogens (tertiary/aromatic N) is 2. The number of carbonyl (C=O) groups is 1. The van der Waals surface area contributed by atoms with Crippen LogP contribution in [-0.2, 0) is 6.42 Å². The molecule has 0 saturated heterocycles. The van der Waals surface area contributed by atoms with E-state index in [1.54, 1.807) is 0 Å². The molecule has 1 amide bonds. The van der Waals surface area contributed by atoms with E-state index in [1.165, 1.54) is 11.1 Å². The van der Waals surface area contributed by atoms with E-state index < -0.39 is 0 Å². The summed E-state index contributed by atoms with van der Waals surface area (Å²) in [6.07, 6.45) is 4.27. The average Bonchev–Trinajstić information content (AvgIpc) is 3.24. The first-order valence-corrected chi connectivity index (χ1v) is 9.32. The number of aryl methyl sites for hydroxylation is 1. The number of aromatic amines is 1. The van der Waals surface area contributed by atoms with Crippen LogP contribution in [0.2, 0.25) is 0 Å². The Kier molecular flexibility index (Phi) is 3.63. The molecule has 1 heterocycles. The van der Waals surface area contributed by atoms with Gasteiger partial charge in [0.2, 0.25) is 0 Å². The van der Waals surface area contributed by atoms with Gasteiger partial charge in [0.05, 0.1) is 11.7 Å². The van der Waals surface area contributed by atoms with E-state index in [2.05, 4.69) is 39.4 Å². The maximum absolute atomic E-state index is 13.3. The molecule has 0 radical (unpaired) electrons. The van der Waals surface area contributed by atoms with E-state index in [0.717, 1.165) is 36.9 Å². The number of nitrogens with one attached hydrogen (secondary N) is 1. The molecular weight excluding hydrogens is 322 g/mol. The Labute approximate surface area is 152 Å². The summed E-state index contributed by atoms with van der Waals surface area (Å²) in [6, 6.07) is 20.9. The number of rotatable bonds is 4. The lowest BCUT2D eigenvalue weighted by Gasteiger charge is -2.29. The zero-order valence-electron chi connectivity index (χ0n) is 14.6. The molecule has 2 aliphatic rings. The number of hydrogen-bond donors (Lipinski definition) is 1. The quantitative estimate of drug-likeness (QED) is 0.765. The van der Waals surface area contributed by atoms with Crippen molar-refractivity contribution >= 4 is 5.91 Å². The molecule has 4 heteroatoms. The van der Waals surface area contributed by atoms with Crippen LogP contribution in [0, 0.1) is 0 Å². The fourth-order valence-electron chi connectivity index (χ4n) is 4.07. The smallest absolute Gasteiger partial charge is 0.272 e. The molecule has 130 valence electrons. The SMILES string of the molecule is O=C(c1cc(-c2ccccc2)n[nH]1)N(C1CC1)C1CCc2ccccc21. The standard InChI is InChI=1S/C22H21N3O/c26-22(20-14-19(23-24-20)16-7-2-1-3-8-16)25(17-11-12-17)21-13-10-15-6-4-5-9-18(15)21/h1-9,14,17,21H,10-13H2,(H,23,24). The largest absolute Gasteiger partial charge is 0.327 e. The Balaban J connectivity index is 1.46. The maximum atomic E-state index is 13.3. The lowest BCUT2D eigenvalue weighted by atomic mass is 10.1. The molecule has 1 N–H and O–H groups in total. The van der Waals surface area contributed by atoms with Gasteiger partial charge in [-0.15, -0.1) is 0 Å². The second-order valence-electron chi connectivity index (χ2n) is 7.23. The Morgan fingerprint density at radius 2 is 1.77 bits per heavy atom. The third-order valence-corrected chi connectivity index (χ3v) is 5.49. The molecular formula is C22H21N3O. The minimum atomic E-state index is 0.0730. The van der Waals surface area contributed by atoms with Gasteiger partial charge in [-0.1, -0.05) is 54.6 Å². The van der Waals surface area contributed by atoms with Crippen LogP contribution in [0.15, 0.2) is 60.7 Å². The van der Waals surface area contributed by atoms with Gasteiger partial charge in [-0.3, -0.25) is 9.89 Å². The molecule has 2 aromatic carbocycles. The van der Waals surface area contributed by atoms with Crippen molar-refractivity contribution in [1.29, 1.82) is 0 Å². The number of H-pyrrole nitrogens is 1. The van der Waals surface area contributed by atoms with Gasteiger partial charge >= 0.3 is 0 Å². The van der Waals surface area contributed by atoms with Gasteiger partial charge in [0, 0.05) is 11.6 Å². The zero-order valence-corrected chi connectivity index (χ0v) is 14.6. The summed E-state index contributed by atoms with van der Waals surface area (Å²) in [5.41, 5.74) is 5.12. The molecule has 0 spiro atoms. The summed E-state index contributed by atoms with van der Waals surface area (Å²) in [5.74, 6) is 0.0730. The van der Waals surface area contributed by atoms with Crippen molar-refractivity contribution in [2.24, 2.45) is 0 Å². The van der Waals surface area contributed by atoms with Crippen LogP contribution in [-0.4, -0.2) is 27.0 Å². The molecule has 3 aromatic rings. The van der Waals surface area contributed by atoms with Crippen LogP contribution in [0.1, 0.15) is 46.9 Å². The van der Waals surface area contributed by atoms with Crippen molar-refractivity contribution in [1.82, 2.24) is 15.1 Å². The van der Waals surface area contributed by atoms with E-state index in [-0.39, 0.29) is 11.9 Å². The fraction of sp³-hybridized carbons (Fsp3) is 0.273. The fourth-order valence-corrected chi connectivity index (χ4v) is 4.07. The number of carbonyl (C=O) groups excluding carboxylic acids is 1. The number of hydrogen-bond acceptors (Lipinski definition) is 2. The van der Waals surface area contributed by atoms with E-state index in [9.17, 15) is 4.79 Å². The van der Waals surface area contributed by atoms with Gasteiger partial charge in [0.15, 0.2) is 0 Å². The molecule has 4 nitrogen and oxygen atoms in total. The van der Waals surface area contributed by atoms with E-state index in [0.29, 0.717) is 11.7 Å². The van der Waals surface area contributed by atoms with Crippen LogP contribution >= 0.6 is 0 Å². The Bertz CT molecular complexity index is 943. The molecule has 0 aliphatic heterocycles. The minimum absolute atomic E-state index is 0.0730. The summed E-state index contributed by atoms with van der Waals surface area (Å²) >= 11 is 0. The van der Waals surface area contributed by atoms with Crippen LogP contribution in [0.25, 0.3) is 11.3 Å². The topological polar surface area (TPSA) is 49.0 Å². The van der Waals surface area contributed by atoms with Crippen molar-refractivity contribution in [3.05, 3.63) is 77.5 Å². The summed E-state index contributed by atoms with van der Waals surface area (Å²) in [7, 11) is 0. The predicted molar refractivity (Wildman–Crippen MR) is 101 cm³/mol. The first-order valence-electron chi connectivity index (χ1n) is 9.32. The van der Waals surface area contributed by atoms with Crippen molar-refractivity contribution in [3.63, 3.8) is 0 Å². The number of fused-ring (bicyclic) bond motifs is 1. The van der Waals surface area contributed by atoms with E-state index >= 15 is 0 Å². The van der Waals surface area contributed by atoms with Gasteiger partial charge < -0.3 is 4.90 Å². The second-order valence-corrected chi connectivity index (χ2v) is 7.23. The minimum Gasteiger partial charge on any atom is -0.327 e. The van der Waals surface area contributed by atoms with Crippen LogP contribution in [0.4, 0.5) is 0 Å². The van der Waals surface area contributed by atoms with Crippen LogP contribution in [0.5, 0.6) is 0 Å². The highest BCUT2D eigenvalue weighted by Crippen LogP contribution is 2.42.